The zero-order chi connectivity index (χ0) is 21.9. The monoisotopic (exact) mass is 434 g/mol. The van der Waals surface area contributed by atoms with Crippen molar-refractivity contribution in [2.24, 2.45) is 0 Å². The summed E-state index contributed by atoms with van der Waals surface area (Å²) in [4.78, 5) is 18.6. The van der Waals surface area contributed by atoms with Gasteiger partial charge in [-0.05, 0) is 60.0 Å². The second kappa shape index (κ2) is 9.53. The highest BCUT2D eigenvalue weighted by Crippen LogP contribution is 2.30. The lowest BCUT2D eigenvalue weighted by atomic mass is 9.93. The number of hydrogen-bond acceptors (Lipinski definition) is 5. The lowest BCUT2D eigenvalue weighted by Crippen LogP contribution is -2.38. The van der Waals surface area contributed by atoms with E-state index in [1.165, 1.54) is 51.4 Å². The van der Waals surface area contributed by atoms with Gasteiger partial charge in [-0.1, -0.05) is 56.7 Å². The van der Waals surface area contributed by atoms with Crippen LogP contribution in [0.15, 0.2) is 29.1 Å². The Kier molecular flexibility index (Phi) is 6.35. The van der Waals surface area contributed by atoms with Crippen molar-refractivity contribution in [3.8, 4) is 0 Å². The van der Waals surface area contributed by atoms with Crippen molar-refractivity contribution >= 4 is 10.9 Å². The first-order chi connectivity index (χ1) is 15.7. The van der Waals surface area contributed by atoms with E-state index in [0.29, 0.717) is 25.2 Å². The summed E-state index contributed by atoms with van der Waals surface area (Å²) in [5, 5.41) is 13.9. The van der Waals surface area contributed by atoms with Crippen molar-refractivity contribution < 1.29 is 0 Å². The number of aromatic amines is 1. The molecule has 2 heterocycles. The molecule has 1 aromatic carbocycles. The summed E-state index contributed by atoms with van der Waals surface area (Å²) in [7, 11) is 0. The molecule has 0 spiro atoms. The Morgan fingerprint density at radius 3 is 2.56 bits per heavy atom. The van der Waals surface area contributed by atoms with Gasteiger partial charge in [0.25, 0.3) is 5.56 Å². The fourth-order valence-corrected chi connectivity index (χ4v) is 5.63. The van der Waals surface area contributed by atoms with E-state index in [2.05, 4.69) is 48.3 Å². The molecule has 2 saturated carbocycles. The minimum atomic E-state index is 0.0134. The van der Waals surface area contributed by atoms with Crippen LogP contribution in [0.5, 0.6) is 0 Å². The third-order valence-electron chi connectivity index (χ3n) is 7.46. The molecule has 0 amide bonds. The molecule has 2 fully saturated rings. The standard InChI is InChI=1S/C25H34N6O/c1-18-9-8-10-19-15-20(25(32)26-24(18)19)16-30(21-11-4-2-5-12-21)17-23-27-28-29-31(23)22-13-6-3-7-14-22/h8-10,15,21-22H,2-7,11-14,16-17H2,1H3,(H,26,32). The first kappa shape index (κ1) is 21.3. The molecule has 0 radical (unpaired) electrons. The summed E-state index contributed by atoms with van der Waals surface area (Å²) in [5.41, 5.74) is 2.87. The quantitative estimate of drug-likeness (QED) is 0.610. The van der Waals surface area contributed by atoms with E-state index < -0.39 is 0 Å². The van der Waals surface area contributed by atoms with Gasteiger partial charge in [-0.3, -0.25) is 9.69 Å². The third kappa shape index (κ3) is 4.49. The van der Waals surface area contributed by atoms with Crippen LogP contribution in [0, 0.1) is 6.92 Å². The Labute approximate surface area is 189 Å². The van der Waals surface area contributed by atoms with Gasteiger partial charge >= 0.3 is 0 Å². The van der Waals surface area contributed by atoms with Crippen LogP contribution in [-0.2, 0) is 13.1 Å². The highest BCUT2D eigenvalue weighted by Gasteiger charge is 2.26. The minimum absolute atomic E-state index is 0.0134. The number of rotatable bonds is 6. The lowest BCUT2D eigenvalue weighted by molar-refractivity contribution is 0.131. The third-order valence-corrected chi connectivity index (χ3v) is 7.46. The molecule has 1 N–H and O–H groups in total. The van der Waals surface area contributed by atoms with Crippen LogP contribution in [0.25, 0.3) is 10.9 Å². The maximum absolute atomic E-state index is 13.0. The van der Waals surface area contributed by atoms with E-state index >= 15 is 0 Å². The van der Waals surface area contributed by atoms with Crippen molar-refractivity contribution in [1.29, 1.82) is 0 Å². The van der Waals surface area contributed by atoms with Crippen molar-refractivity contribution in [2.45, 2.75) is 96.3 Å². The number of hydrogen-bond donors (Lipinski definition) is 1. The first-order valence-corrected chi connectivity index (χ1v) is 12.3. The molecule has 170 valence electrons. The Bertz CT molecular complexity index is 1110. The molecule has 0 unspecified atom stereocenters. The van der Waals surface area contributed by atoms with Gasteiger partial charge < -0.3 is 4.98 Å². The normalized spacial score (nSPS) is 18.6. The number of nitrogens with zero attached hydrogens (tertiary/aromatic N) is 5. The van der Waals surface area contributed by atoms with Gasteiger partial charge in [0.1, 0.15) is 0 Å². The summed E-state index contributed by atoms with van der Waals surface area (Å²) >= 11 is 0. The summed E-state index contributed by atoms with van der Waals surface area (Å²) in [6.07, 6.45) is 12.3. The summed E-state index contributed by atoms with van der Waals surface area (Å²) in [6.45, 7) is 3.36. The van der Waals surface area contributed by atoms with E-state index in [1.807, 2.05) is 13.0 Å². The molecule has 7 heteroatoms. The number of tetrazole rings is 1. The number of H-pyrrole nitrogens is 1. The Hall–Kier alpha value is -2.54. The molecule has 0 aliphatic heterocycles. The molecule has 0 saturated heterocycles. The average molecular weight is 435 g/mol. The van der Waals surface area contributed by atoms with E-state index in [4.69, 9.17) is 0 Å². The second-order valence-corrected chi connectivity index (χ2v) is 9.69. The highest BCUT2D eigenvalue weighted by molar-refractivity contribution is 5.81. The molecular formula is C25H34N6O. The fourth-order valence-electron chi connectivity index (χ4n) is 5.63. The van der Waals surface area contributed by atoms with Gasteiger partial charge in [0.05, 0.1) is 18.1 Å². The van der Waals surface area contributed by atoms with Gasteiger partial charge in [0.2, 0.25) is 0 Å². The van der Waals surface area contributed by atoms with Gasteiger partial charge in [-0.15, -0.1) is 5.10 Å². The molecule has 2 aromatic heterocycles. The molecular weight excluding hydrogens is 400 g/mol. The van der Waals surface area contributed by atoms with E-state index in [1.54, 1.807) is 0 Å². The van der Waals surface area contributed by atoms with Crippen molar-refractivity contribution in [2.75, 3.05) is 0 Å². The molecule has 3 aromatic rings. The number of aromatic nitrogens is 5. The maximum atomic E-state index is 13.0. The molecule has 0 atom stereocenters. The molecule has 32 heavy (non-hydrogen) atoms. The minimum Gasteiger partial charge on any atom is -0.321 e. The topological polar surface area (TPSA) is 79.7 Å². The number of fused-ring (bicyclic) bond motifs is 1. The average Bonchev–Trinajstić information content (AvgIpc) is 3.29. The summed E-state index contributed by atoms with van der Waals surface area (Å²) in [6, 6.07) is 9.12. The van der Waals surface area contributed by atoms with Crippen molar-refractivity contribution in [3.05, 3.63) is 51.6 Å². The maximum Gasteiger partial charge on any atom is 0.252 e. The van der Waals surface area contributed by atoms with Gasteiger partial charge in [-0.25, -0.2) is 4.68 Å². The summed E-state index contributed by atoms with van der Waals surface area (Å²) in [5.74, 6) is 0.940. The predicted molar refractivity (Wildman–Crippen MR) is 125 cm³/mol. The molecule has 5 rings (SSSR count). The van der Waals surface area contributed by atoms with E-state index in [-0.39, 0.29) is 5.56 Å². The van der Waals surface area contributed by atoms with Crippen molar-refractivity contribution in [1.82, 2.24) is 30.1 Å². The van der Waals surface area contributed by atoms with E-state index in [9.17, 15) is 4.79 Å². The molecule has 7 nitrogen and oxygen atoms in total. The molecule has 0 bridgehead atoms. The SMILES string of the molecule is Cc1cccc2cc(CN(Cc3nnnn3C3CCCCC3)C3CCCCC3)c(=O)[nH]c12. The second-order valence-electron chi connectivity index (χ2n) is 9.69. The smallest absolute Gasteiger partial charge is 0.252 e. The van der Waals surface area contributed by atoms with Crippen LogP contribution in [0.1, 0.15) is 87.2 Å². The molecule has 2 aliphatic rings. The lowest BCUT2D eigenvalue weighted by Gasteiger charge is -2.34. The van der Waals surface area contributed by atoms with Gasteiger partial charge in [0, 0.05) is 18.2 Å². The van der Waals surface area contributed by atoms with Crippen LogP contribution in [0.3, 0.4) is 0 Å². The fraction of sp³-hybridized carbons (Fsp3) is 0.600. The number of para-hydroxylation sites is 1. The Morgan fingerprint density at radius 2 is 1.78 bits per heavy atom. The number of benzene rings is 1. The zero-order valence-corrected chi connectivity index (χ0v) is 19.1. The van der Waals surface area contributed by atoms with Crippen LogP contribution in [0.4, 0.5) is 0 Å². The largest absolute Gasteiger partial charge is 0.321 e. The number of pyridine rings is 1. The van der Waals surface area contributed by atoms with Crippen LogP contribution in [0.2, 0.25) is 0 Å². The van der Waals surface area contributed by atoms with Gasteiger partial charge in [0.15, 0.2) is 5.82 Å². The number of nitrogens with one attached hydrogen (secondary N) is 1. The van der Waals surface area contributed by atoms with Crippen LogP contribution in [-0.4, -0.2) is 36.1 Å². The van der Waals surface area contributed by atoms with Crippen molar-refractivity contribution in [3.63, 3.8) is 0 Å². The molecule has 2 aliphatic carbocycles. The zero-order valence-electron chi connectivity index (χ0n) is 19.1. The summed E-state index contributed by atoms with van der Waals surface area (Å²) < 4.78 is 2.07. The van der Waals surface area contributed by atoms with Crippen LogP contribution < -0.4 is 5.56 Å². The van der Waals surface area contributed by atoms with E-state index in [0.717, 1.165) is 40.7 Å². The number of aryl methyl sites for hydroxylation is 1. The van der Waals surface area contributed by atoms with Gasteiger partial charge in [-0.2, -0.15) is 0 Å². The Morgan fingerprint density at radius 1 is 1.03 bits per heavy atom. The predicted octanol–water partition coefficient (Wildman–Crippen LogP) is 4.66. The Balaban J connectivity index is 1.44. The van der Waals surface area contributed by atoms with Crippen LogP contribution >= 0.6 is 0 Å². The highest BCUT2D eigenvalue weighted by atomic mass is 16.1. The first-order valence-electron chi connectivity index (χ1n) is 12.3.